The maximum Gasteiger partial charge on any atom is 0.328 e. The first-order chi connectivity index (χ1) is 23.0. The van der Waals surface area contributed by atoms with Crippen molar-refractivity contribution in [2.45, 2.75) is 0 Å². The molecule has 0 aliphatic rings. The number of fused-ring (bicyclic) bond motifs is 6. The molecular weight excluding hydrogens is 582 g/mol. The van der Waals surface area contributed by atoms with Crippen molar-refractivity contribution in [2.75, 3.05) is 0 Å². The summed E-state index contributed by atoms with van der Waals surface area (Å²) in [7, 11) is 3.59. The Hall–Kier alpha value is -6.34. The van der Waals surface area contributed by atoms with E-state index in [4.69, 9.17) is 19.4 Å². The smallest absolute Gasteiger partial charge is 0.328 e. The number of aryl methyl sites for hydroxylation is 2. The number of rotatable bonds is 4. The first-order valence-corrected chi connectivity index (χ1v) is 15.4. The first-order valence-electron chi connectivity index (χ1n) is 15.4. The van der Waals surface area contributed by atoms with Gasteiger partial charge in [-0.3, -0.25) is 9.13 Å². The van der Waals surface area contributed by atoms with Crippen LogP contribution in [0, 0.1) is 0 Å². The summed E-state index contributed by atoms with van der Waals surface area (Å²) in [5, 5.41) is 4.51. The van der Waals surface area contributed by atoms with Crippen LogP contribution >= 0.6 is 0 Å². The average molecular weight is 610 g/mol. The molecule has 7 nitrogen and oxygen atoms in total. The maximum absolute atomic E-state index is 12.5. The van der Waals surface area contributed by atoms with Crippen LogP contribution in [0.5, 0.6) is 0 Å². The van der Waals surface area contributed by atoms with Gasteiger partial charge >= 0.3 is 5.69 Å². The Morgan fingerprint density at radius 2 is 1.13 bits per heavy atom. The van der Waals surface area contributed by atoms with E-state index in [-0.39, 0.29) is 5.69 Å². The van der Waals surface area contributed by atoms with Crippen molar-refractivity contribution in [2.24, 2.45) is 14.1 Å². The van der Waals surface area contributed by atoms with Gasteiger partial charge in [0.2, 0.25) is 0 Å². The molecule has 0 radical (unpaired) electrons. The molecule has 9 aromatic rings. The summed E-state index contributed by atoms with van der Waals surface area (Å²) in [6.07, 6.45) is 0. The molecule has 0 spiro atoms. The van der Waals surface area contributed by atoms with Crippen LogP contribution in [-0.2, 0) is 14.1 Å². The lowest BCUT2D eigenvalue weighted by Crippen LogP contribution is -2.19. The molecule has 0 saturated heterocycles. The fourth-order valence-corrected chi connectivity index (χ4v) is 6.56. The summed E-state index contributed by atoms with van der Waals surface area (Å²) in [5.74, 6) is 1.72. The molecule has 0 amide bonds. The van der Waals surface area contributed by atoms with Gasteiger partial charge in [0.05, 0.1) is 11.0 Å². The van der Waals surface area contributed by atoms with E-state index >= 15 is 0 Å². The van der Waals surface area contributed by atoms with Crippen molar-refractivity contribution in [3.05, 3.63) is 138 Å². The van der Waals surface area contributed by atoms with E-state index in [1.165, 1.54) is 10.8 Å². The van der Waals surface area contributed by atoms with Crippen molar-refractivity contribution in [1.29, 1.82) is 0 Å². The fourth-order valence-electron chi connectivity index (χ4n) is 6.56. The number of hydrogen-bond acceptors (Lipinski definition) is 5. The molecule has 3 aromatic heterocycles. The topological polar surface area (TPSA) is 78.7 Å². The Balaban J connectivity index is 1.19. The molecule has 47 heavy (non-hydrogen) atoms. The Bertz CT molecular complexity index is 2740. The van der Waals surface area contributed by atoms with Crippen molar-refractivity contribution >= 4 is 43.7 Å². The lowest BCUT2D eigenvalue weighted by Gasteiger charge is -2.10. The minimum atomic E-state index is -0.0498. The first kappa shape index (κ1) is 27.0. The number of aromatic nitrogens is 5. The molecule has 0 aliphatic carbocycles. The average Bonchev–Trinajstić information content (AvgIpc) is 3.62. The van der Waals surface area contributed by atoms with E-state index in [1.807, 2.05) is 66.7 Å². The zero-order valence-electron chi connectivity index (χ0n) is 25.7. The molecule has 0 saturated carbocycles. The van der Waals surface area contributed by atoms with E-state index < -0.39 is 0 Å². The molecule has 0 fully saturated rings. The Kier molecular flexibility index (Phi) is 5.95. The van der Waals surface area contributed by atoms with E-state index in [9.17, 15) is 4.79 Å². The summed E-state index contributed by atoms with van der Waals surface area (Å²) in [6.45, 7) is 0. The van der Waals surface area contributed by atoms with Gasteiger partial charge in [-0.25, -0.2) is 19.7 Å². The van der Waals surface area contributed by atoms with Gasteiger partial charge in [-0.1, -0.05) is 91.0 Å². The third kappa shape index (κ3) is 4.35. The SMILES string of the molecule is Cn1c(=O)n(C)c2cc(-c3cccc(-c4nc(-c5ccccc5)nc(-c5ccc6c(c5)oc5ccc7ccccc7c56)n4)c3)ccc21. The van der Waals surface area contributed by atoms with Crippen LogP contribution in [0.1, 0.15) is 0 Å². The van der Waals surface area contributed by atoms with Crippen molar-refractivity contribution < 1.29 is 4.42 Å². The fraction of sp³-hybridized carbons (Fsp3) is 0.0500. The van der Waals surface area contributed by atoms with Gasteiger partial charge in [0, 0.05) is 41.6 Å². The number of nitrogens with zero attached hydrogens (tertiary/aromatic N) is 5. The minimum absolute atomic E-state index is 0.0498. The lowest BCUT2D eigenvalue weighted by atomic mass is 10.0. The van der Waals surface area contributed by atoms with Gasteiger partial charge in [-0.2, -0.15) is 0 Å². The van der Waals surface area contributed by atoms with Gasteiger partial charge in [0.15, 0.2) is 17.5 Å². The van der Waals surface area contributed by atoms with E-state index in [0.29, 0.717) is 17.5 Å². The molecule has 0 unspecified atom stereocenters. The van der Waals surface area contributed by atoms with Crippen LogP contribution in [0.15, 0.2) is 137 Å². The van der Waals surface area contributed by atoms with Gasteiger partial charge in [-0.05, 0) is 58.3 Å². The van der Waals surface area contributed by atoms with Crippen molar-refractivity contribution in [1.82, 2.24) is 24.1 Å². The Morgan fingerprint density at radius 1 is 0.489 bits per heavy atom. The van der Waals surface area contributed by atoms with Crippen LogP contribution in [0.2, 0.25) is 0 Å². The molecule has 0 N–H and O–H groups in total. The quantitative estimate of drug-likeness (QED) is 0.199. The summed E-state index contributed by atoms with van der Waals surface area (Å²) >= 11 is 0. The molecule has 7 heteroatoms. The standard InChI is InChI=1S/C40H27N5O2/c1-44-32-19-16-27(22-33(32)45(2)40(44)46)26-12-8-13-28(21-26)38-41-37(25-10-4-3-5-11-25)42-39(43-38)29-15-18-31-35(23-29)47-34-20-17-24-9-6-7-14-30(24)36(31)34/h3-23H,1-2H3. The molecule has 0 aliphatic heterocycles. The summed E-state index contributed by atoms with van der Waals surface area (Å²) in [4.78, 5) is 27.4. The number of hydrogen-bond donors (Lipinski definition) is 0. The number of furan rings is 1. The van der Waals surface area contributed by atoms with Gasteiger partial charge in [-0.15, -0.1) is 0 Å². The van der Waals surface area contributed by atoms with Crippen molar-refractivity contribution in [3.8, 4) is 45.3 Å². The molecule has 9 rings (SSSR count). The Labute approximate surface area is 269 Å². The highest BCUT2D eigenvalue weighted by atomic mass is 16.3. The van der Waals surface area contributed by atoms with E-state index in [0.717, 1.165) is 60.8 Å². The predicted molar refractivity (Wildman–Crippen MR) is 188 cm³/mol. The van der Waals surface area contributed by atoms with Crippen LogP contribution < -0.4 is 5.69 Å². The van der Waals surface area contributed by atoms with Crippen LogP contribution in [0.4, 0.5) is 0 Å². The third-order valence-corrected chi connectivity index (χ3v) is 9.01. The van der Waals surface area contributed by atoms with Gasteiger partial charge < -0.3 is 4.42 Å². The highest BCUT2D eigenvalue weighted by molar-refractivity contribution is 6.19. The summed E-state index contributed by atoms with van der Waals surface area (Å²) in [6, 6.07) is 42.9. The van der Waals surface area contributed by atoms with Crippen LogP contribution in [-0.4, -0.2) is 24.1 Å². The van der Waals surface area contributed by atoms with Crippen LogP contribution in [0.25, 0.3) is 89.0 Å². The van der Waals surface area contributed by atoms with Crippen molar-refractivity contribution in [3.63, 3.8) is 0 Å². The van der Waals surface area contributed by atoms with Gasteiger partial charge in [0.25, 0.3) is 0 Å². The molecule has 0 bridgehead atoms. The van der Waals surface area contributed by atoms with E-state index in [2.05, 4.69) is 60.7 Å². The van der Waals surface area contributed by atoms with Crippen LogP contribution in [0.3, 0.4) is 0 Å². The number of imidazole rings is 1. The molecular formula is C40H27N5O2. The largest absolute Gasteiger partial charge is 0.456 e. The third-order valence-electron chi connectivity index (χ3n) is 9.01. The second-order valence-electron chi connectivity index (χ2n) is 11.8. The zero-order valence-corrected chi connectivity index (χ0v) is 25.7. The molecule has 6 aromatic carbocycles. The highest BCUT2D eigenvalue weighted by Crippen LogP contribution is 2.37. The molecule has 224 valence electrons. The second kappa shape index (κ2) is 10.4. The second-order valence-corrected chi connectivity index (χ2v) is 11.8. The monoisotopic (exact) mass is 609 g/mol. The molecule has 0 atom stereocenters. The van der Waals surface area contributed by atoms with E-state index in [1.54, 1.807) is 23.2 Å². The maximum atomic E-state index is 12.5. The highest BCUT2D eigenvalue weighted by Gasteiger charge is 2.16. The zero-order chi connectivity index (χ0) is 31.6. The lowest BCUT2D eigenvalue weighted by molar-refractivity contribution is 0.669. The summed E-state index contributed by atoms with van der Waals surface area (Å²) < 4.78 is 9.71. The minimum Gasteiger partial charge on any atom is -0.456 e. The van der Waals surface area contributed by atoms with Gasteiger partial charge in [0.1, 0.15) is 11.2 Å². The molecule has 3 heterocycles. The normalized spacial score (nSPS) is 11.7. The summed E-state index contributed by atoms with van der Waals surface area (Å²) in [5.41, 5.74) is 7.96. The Morgan fingerprint density at radius 3 is 1.96 bits per heavy atom. The predicted octanol–water partition coefficient (Wildman–Crippen LogP) is 8.78. The number of benzene rings is 6.